The zero-order valence-corrected chi connectivity index (χ0v) is 15.9. The van der Waals surface area contributed by atoms with Crippen molar-refractivity contribution in [1.29, 1.82) is 0 Å². The number of nitrogens with one attached hydrogen (secondary N) is 2. The fourth-order valence-corrected chi connectivity index (χ4v) is 3.87. The Hall–Kier alpha value is -2.19. The third-order valence-corrected chi connectivity index (χ3v) is 5.19. The number of pyridine rings is 1. The van der Waals surface area contributed by atoms with E-state index in [1.807, 2.05) is 6.92 Å². The molecule has 0 saturated carbocycles. The van der Waals surface area contributed by atoms with E-state index in [0.717, 1.165) is 26.1 Å². The molecule has 0 aromatic carbocycles. The first kappa shape index (κ1) is 19.6. The molecule has 2 amide bonds. The molecule has 27 heavy (non-hydrogen) atoms. The van der Waals surface area contributed by atoms with Gasteiger partial charge in [-0.1, -0.05) is 0 Å². The van der Waals surface area contributed by atoms with Crippen LogP contribution in [-0.4, -0.2) is 73.2 Å². The van der Waals surface area contributed by atoms with Crippen molar-refractivity contribution in [3.8, 4) is 5.88 Å². The molecule has 2 aliphatic heterocycles. The second-order valence-corrected chi connectivity index (χ2v) is 6.94. The van der Waals surface area contributed by atoms with Gasteiger partial charge in [0.2, 0.25) is 11.8 Å². The lowest BCUT2D eigenvalue weighted by molar-refractivity contribution is -0.126. The van der Waals surface area contributed by atoms with Crippen LogP contribution in [0.3, 0.4) is 0 Å². The maximum atomic E-state index is 12.6. The highest BCUT2D eigenvalue weighted by molar-refractivity contribution is 5.94. The van der Waals surface area contributed by atoms with Gasteiger partial charge in [-0.2, -0.15) is 0 Å². The molecule has 1 aromatic rings. The molecular formula is C19H28N4O4. The number of likely N-dealkylation sites (N-methyl/N-ethyl adjacent to an activating group) is 1. The predicted octanol–water partition coefficient (Wildman–Crippen LogP) is 0.578. The molecule has 0 aliphatic carbocycles. The van der Waals surface area contributed by atoms with E-state index in [1.54, 1.807) is 18.3 Å². The van der Waals surface area contributed by atoms with Gasteiger partial charge in [-0.15, -0.1) is 0 Å². The van der Waals surface area contributed by atoms with Gasteiger partial charge < -0.3 is 20.1 Å². The van der Waals surface area contributed by atoms with Gasteiger partial charge in [0.25, 0.3) is 5.91 Å². The highest BCUT2D eigenvalue weighted by atomic mass is 16.5. The molecule has 2 fully saturated rings. The van der Waals surface area contributed by atoms with Gasteiger partial charge in [0.05, 0.1) is 13.2 Å². The molecule has 0 bridgehead atoms. The SMILES string of the molecule is CCNC(=O)[C@@H]1C[C@H](NC(=O)c2ccnc(OC)c2)CN1C1CCOCC1. The van der Waals surface area contributed by atoms with Crippen LogP contribution in [0.15, 0.2) is 18.3 Å². The molecule has 2 saturated heterocycles. The smallest absolute Gasteiger partial charge is 0.251 e. The Labute approximate surface area is 159 Å². The zero-order chi connectivity index (χ0) is 19.2. The van der Waals surface area contributed by atoms with Crippen molar-refractivity contribution in [1.82, 2.24) is 20.5 Å². The van der Waals surface area contributed by atoms with Crippen LogP contribution >= 0.6 is 0 Å². The van der Waals surface area contributed by atoms with E-state index in [9.17, 15) is 9.59 Å². The van der Waals surface area contributed by atoms with Crippen LogP contribution in [0, 0.1) is 0 Å². The molecule has 2 atom stereocenters. The van der Waals surface area contributed by atoms with Gasteiger partial charge in [0.1, 0.15) is 0 Å². The first-order chi connectivity index (χ1) is 13.1. The van der Waals surface area contributed by atoms with E-state index in [0.29, 0.717) is 37.0 Å². The maximum absolute atomic E-state index is 12.6. The summed E-state index contributed by atoms with van der Waals surface area (Å²) in [6, 6.07) is 3.29. The predicted molar refractivity (Wildman–Crippen MR) is 99.7 cm³/mol. The van der Waals surface area contributed by atoms with E-state index < -0.39 is 0 Å². The Kier molecular flexibility index (Phi) is 6.63. The number of carbonyl (C=O) groups is 2. The molecular weight excluding hydrogens is 348 g/mol. The summed E-state index contributed by atoms with van der Waals surface area (Å²) >= 11 is 0. The van der Waals surface area contributed by atoms with Crippen LogP contribution in [-0.2, 0) is 9.53 Å². The number of amides is 2. The summed E-state index contributed by atoms with van der Waals surface area (Å²) in [5, 5.41) is 6.00. The number of likely N-dealkylation sites (tertiary alicyclic amines) is 1. The number of nitrogens with zero attached hydrogens (tertiary/aromatic N) is 2. The van der Waals surface area contributed by atoms with E-state index in [2.05, 4.69) is 20.5 Å². The number of methoxy groups -OCH3 is 1. The first-order valence-corrected chi connectivity index (χ1v) is 9.54. The summed E-state index contributed by atoms with van der Waals surface area (Å²) in [5.74, 6) is 0.258. The fraction of sp³-hybridized carbons (Fsp3) is 0.632. The number of rotatable bonds is 6. The molecule has 2 aliphatic rings. The topological polar surface area (TPSA) is 92.8 Å². The number of carbonyl (C=O) groups excluding carboxylic acids is 2. The molecule has 2 N–H and O–H groups in total. The van der Waals surface area contributed by atoms with E-state index in [4.69, 9.17) is 9.47 Å². The van der Waals surface area contributed by atoms with Crippen molar-refractivity contribution in [2.45, 2.75) is 44.3 Å². The molecule has 3 heterocycles. The van der Waals surface area contributed by atoms with Gasteiger partial charge in [-0.3, -0.25) is 14.5 Å². The third kappa shape index (κ3) is 4.75. The Balaban J connectivity index is 1.68. The zero-order valence-electron chi connectivity index (χ0n) is 15.9. The molecule has 0 spiro atoms. The second-order valence-electron chi connectivity index (χ2n) is 6.94. The molecule has 8 nitrogen and oxygen atoms in total. The quantitative estimate of drug-likeness (QED) is 0.754. The van der Waals surface area contributed by atoms with Crippen molar-refractivity contribution < 1.29 is 19.1 Å². The highest BCUT2D eigenvalue weighted by Gasteiger charge is 2.41. The van der Waals surface area contributed by atoms with E-state index in [-0.39, 0.29) is 23.9 Å². The second kappa shape index (κ2) is 9.14. The molecule has 3 rings (SSSR count). The summed E-state index contributed by atoms with van der Waals surface area (Å²) in [4.78, 5) is 31.4. The van der Waals surface area contributed by atoms with Crippen LogP contribution in [0.1, 0.15) is 36.5 Å². The van der Waals surface area contributed by atoms with Gasteiger partial charge in [-0.25, -0.2) is 4.98 Å². The largest absolute Gasteiger partial charge is 0.481 e. The van der Waals surface area contributed by atoms with Crippen molar-refractivity contribution in [3.05, 3.63) is 23.9 Å². The van der Waals surface area contributed by atoms with Crippen LogP contribution in [0.5, 0.6) is 5.88 Å². The minimum absolute atomic E-state index is 0.0336. The number of aromatic nitrogens is 1. The van der Waals surface area contributed by atoms with Gasteiger partial charge in [0, 0.05) is 56.2 Å². The van der Waals surface area contributed by atoms with E-state index >= 15 is 0 Å². The van der Waals surface area contributed by atoms with Crippen molar-refractivity contribution >= 4 is 11.8 Å². The molecule has 8 heteroatoms. The lowest BCUT2D eigenvalue weighted by atomic mass is 10.1. The van der Waals surface area contributed by atoms with E-state index in [1.165, 1.54) is 7.11 Å². The lowest BCUT2D eigenvalue weighted by Gasteiger charge is -2.34. The number of hydrogen-bond acceptors (Lipinski definition) is 6. The first-order valence-electron chi connectivity index (χ1n) is 9.54. The summed E-state index contributed by atoms with van der Waals surface area (Å²) < 4.78 is 10.5. The summed E-state index contributed by atoms with van der Waals surface area (Å²) in [6.07, 6.45) is 3.99. The summed E-state index contributed by atoms with van der Waals surface area (Å²) in [6.45, 7) is 4.63. The van der Waals surface area contributed by atoms with Gasteiger partial charge >= 0.3 is 0 Å². The molecule has 148 valence electrons. The standard InChI is InChI=1S/C19H28N4O4/c1-3-20-19(25)16-11-14(12-23(16)15-5-8-27-9-6-15)22-18(24)13-4-7-21-17(10-13)26-2/h4,7,10,14-16H,3,5-6,8-9,11-12H2,1-2H3,(H,20,25)(H,22,24)/t14-,16-/m0/s1. The number of hydrogen-bond donors (Lipinski definition) is 2. The average molecular weight is 376 g/mol. The highest BCUT2D eigenvalue weighted by Crippen LogP contribution is 2.26. The van der Waals surface area contributed by atoms with Crippen LogP contribution in [0.25, 0.3) is 0 Å². The average Bonchev–Trinajstić information content (AvgIpc) is 3.13. The number of ether oxygens (including phenoxy) is 2. The van der Waals surface area contributed by atoms with Crippen molar-refractivity contribution in [3.63, 3.8) is 0 Å². The van der Waals surface area contributed by atoms with Crippen LogP contribution in [0.4, 0.5) is 0 Å². The molecule has 1 aromatic heterocycles. The summed E-state index contributed by atoms with van der Waals surface area (Å²) in [5.41, 5.74) is 0.501. The van der Waals surface area contributed by atoms with Crippen LogP contribution < -0.4 is 15.4 Å². The maximum Gasteiger partial charge on any atom is 0.251 e. The van der Waals surface area contributed by atoms with Gasteiger partial charge in [-0.05, 0) is 32.3 Å². The lowest BCUT2D eigenvalue weighted by Crippen LogP contribution is -2.49. The minimum Gasteiger partial charge on any atom is -0.481 e. The van der Waals surface area contributed by atoms with Gasteiger partial charge in [0.15, 0.2) is 0 Å². The Bertz CT molecular complexity index is 663. The van der Waals surface area contributed by atoms with Crippen LogP contribution in [0.2, 0.25) is 0 Å². The Morgan fingerprint density at radius 3 is 2.85 bits per heavy atom. The molecule has 0 radical (unpaired) electrons. The minimum atomic E-state index is -0.217. The normalized spacial score (nSPS) is 23.8. The Morgan fingerprint density at radius 2 is 2.15 bits per heavy atom. The van der Waals surface area contributed by atoms with Crippen molar-refractivity contribution in [2.24, 2.45) is 0 Å². The fourth-order valence-electron chi connectivity index (χ4n) is 3.87. The monoisotopic (exact) mass is 376 g/mol. The summed E-state index contributed by atoms with van der Waals surface area (Å²) in [7, 11) is 1.52. The Morgan fingerprint density at radius 1 is 1.37 bits per heavy atom. The molecule has 0 unspecified atom stereocenters. The van der Waals surface area contributed by atoms with Crippen molar-refractivity contribution in [2.75, 3.05) is 33.4 Å². The third-order valence-electron chi connectivity index (χ3n) is 5.19.